The lowest BCUT2D eigenvalue weighted by Crippen LogP contribution is -2.10. The van der Waals surface area contributed by atoms with Gasteiger partial charge < -0.3 is 0 Å². The summed E-state index contributed by atoms with van der Waals surface area (Å²) in [5.41, 5.74) is 0.886. The normalized spacial score (nSPS) is 10.4. The van der Waals surface area contributed by atoms with Crippen molar-refractivity contribution in [2.75, 3.05) is 0 Å². The third-order valence-corrected chi connectivity index (χ3v) is 2.13. The second-order valence-electron chi connectivity index (χ2n) is 2.51. The molecule has 2 nitrogen and oxygen atoms in total. The molecule has 0 fully saturated rings. The van der Waals surface area contributed by atoms with E-state index < -0.39 is 0 Å². The smallest absolute Gasteiger partial charge is 0.256 e. The molecule has 0 bridgehead atoms. The molecule has 0 saturated carbocycles. The number of hydrogen-bond acceptors (Lipinski definition) is 1. The van der Waals surface area contributed by atoms with Gasteiger partial charge >= 0.3 is 0 Å². The van der Waals surface area contributed by atoms with Gasteiger partial charge in [-0.1, -0.05) is 22.0 Å². The topological polar surface area (TPSA) is 21.5 Å². The third kappa shape index (κ3) is 1.16. The molecule has 0 spiro atoms. The number of fused-ring (bicyclic) bond motifs is 1. The van der Waals surface area contributed by atoms with E-state index in [4.69, 9.17) is 0 Å². The van der Waals surface area contributed by atoms with Gasteiger partial charge in [0.2, 0.25) is 0 Å². The Kier molecular flexibility index (Phi) is 1.73. The highest BCUT2D eigenvalue weighted by atomic mass is 79.9. The molecule has 0 aromatic carbocycles. The van der Waals surface area contributed by atoms with E-state index in [9.17, 15) is 4.79 Å². The van der Waals surface area contributed by atoms with E-state index in [0.717, 1.165) is 9.99 Å². The quantitative estimate of drug-likeness (QED) is 0.671. The zero-order valence-corrected chi connectivity index (χ0v) is 7.78. The third-order valence-electron chi connectivity index (χ3n) is 1.68. The Balaban J connectivity index is 2.99. The van der Waals surface area contributed by atoms with Gasteiger partial charge in [-0.05, 0) is 18.2 Å². The Hall–Kier alpha value is -1.09. The van der Waals surface area contributed by atoms with Crippen LogP contribution in [-0.2, 0) is 0 Å². The Bertz CT molecular complexity index is 475. The van der Waals surface area contributed by atoms with Gasteiger partial charge in [0.1, 0.15) is 0 Å². The molecular weight excluding hydrogens is 218 g/mol. The minimum atomic E-state index is -0.0139. The summed E-state index contributed by atoms with van der Waals surface area (Å²) in [5, 5.41) is 0. The maximum atomic E-state index is 11.3. The van der Waals surface area contributed by atoms with Gasteiger partial charge in [0.25, 0.3) is 5.56 Å². The maximum absolute atomic E-state index is 11.3. The molecule has 2 aromatic rings. The van der Waals surface area contributed by atoms with Crippen LogP contribution in [0.2, 0.25) is 0 Å². The van der Waals surface area contributed by atoms with Crippen LogP contribution in [0.1, 0.15) is 0 Å². The molecule has 0 saturated heterocycles. The summed E-state index contributed by atoms with van der Waals surface area (Å²) in [4.78, 5) is 11.3. The summed E-state index contributed by atoms with van der Waals surface area (Å²) >= 11 is 3.27. The standard InChI is InChI=1S/C9H6BrNO/c10-7-5-8-3-1-2-4-11(8)9(12)6-7/h1-6H. The Morgan fingerprint density at radius 1 is 1.25 bits per heavy atom. The van der Waals surface area contributed by atoms with E-state index in [0.29, 0.717) is 0 Å². The Morgan fingerprint density at radius 2 is 2.08 bits per heavy atom. The van der Waals surface area contributed by atoms with Crippen molar-refractivity contribution in [2.24, 2.45) is 0 Å². The first-order valence-electron chi connectivity index (χ1n) is 3.54. The molecule has 0 atom stereocenters. The predicted molar refractivity (Wildman–Crippen MR) is 51.4 cm³/mol. The minimum Gasteiger partial charge on any atom is -0.284 e. The molecular formula is C9H6BrNO. The first-order valence-corrected chi connectivity index (χ1v) is 4.33. The number of nitrogens with zero attached hydrogens (tertiary/aromatic N) is 1. The molecule has 12 heavy (non-hydrogen) atoms. The van der Waals surface area contributed by atoms with E-state index in [1.807, 2.05) is 24.3 Å². The maximum Gasteiger partial charge on any atom is 0.256 e. The van der Waals surface area contributed by atoms with Crippen LogP contribution in [-0.4, -0.2) is 4.40 Å². The van der Waals surface area contributed by atoms with Crippen LogP contribution in [0.3, 0.4) is 0 Å². The van der Waals surface area contributed by atoms with Crippen LogP contribution in [0.15, 0.2) is 45.8 Å². The highest BCUT2D eigenvalue weighted by molar-refractivity contribution is 9.10. The average Bonchev–Trinajstić information content (AvgIpc) is 2.04. The second kappa shape index (κ2) is 2.75. The summed E-state index contributed by atoms with van der Waals surface area (Å²) < 4.78 is 2.42. The summed E-state index contributed by atoms with van der Waals surface area (Å²) in [5.74, 6) is 0. The lowest BCUT2D eigenvalue weighted by Gasteiger charge is -1.98. The van der Waals surface area contributed by atoms with Crippen molar-refractivity contribution in [3.8, 4) is 0 Å². The molecule has 0 aliphatic heterocycles. The van der Waals surface area contributed by atoms with E-state index in [1.54, 1.807) is 16.7 Å². The zero-order valence-electron chi connectivity index (χ0n) is 6.20. The van der Waals surface area contributed by atoms with Crippen molar-refractivity contribution in [1.82, 2.24) is 4.40 Å². The van der Waals surface area contributed by atoms with Crippen molar-refractivity contribution in [1.29, 1.82) is 0 Å². The van der Waals surface area contributed by atoms with Gasteiger partial charge in [-0.2, -0.15) is 0 Å². The van der Waals surface area contributed by atoms with Gasteiger partial charge in [0, 0.05) is 22.3 Å². The van der Waals surface area contributed by atoms with Crippen molar-refractivity contribution in [3.05, 3.63) is 51.4 Å². The highest BCUT2D eigenvalue weighted by Crippen LogP contribution is 2.09. The largest absolute Gasteiger partial charge is 0.284 e. The SMILES string of the molecule is O=c1cc(Br)cc2ccccn12. The van der Waals surface area contributed by atoms with Crippen LogP contribution < -0.4 is 5.56 Å². The van der Waals surface area contributed by atoms with Crippen LogP contribution in [0.4, 0.5) is 0 Å². The molecule has 0 aliphatic carbocycles. The van der Waals surface area contributed by atoms with Gasteiger partial charge in [-0.25, -0.2) is 0 Å². The van der Waals surface area contributed by atoms with Crippen LogP contribution in [0.5, 0.6) is 0 Å². The first-order chi connectivity index (χ1) is 5.77. The van der Waals surface area contributed by atoms with Gasteiger partial charge in [0.15, 0.2) is 0 Å². The number of halogens is 1. The molecule has 60 valence electrons. The highest BCUT2D eigenvalue weighted by Gasteiger charge is 1.95. The molecule has 2 rings (SSSR count). The molecule has 0 N–H and O–H groups in total. The van der Waals surface area contributed by atoms with Crippen LogP contribution in [0.25, 0.3) is 5.52 Å². The fourth-order valence-corrected chi connectivity index (χ4v) is 1.58. The van der Waals surface area contributed by atoms with Crippen LogP contribution in [0, 0.1) is 0 Å². The van der Waals surface area contributed by atoms with Crippen molar-refractivity contribution in [2.45, 2.75) is 0 Å². The van der Waals surface area contributed by atoms with Crippen LogP contribution >= 0.6 is 15.9 Å². The summed E-state index contributed by atoms with van der Waals surface area (Å²) in [6.07, 6.45) is 1.75. The predicted octanol–water partition coefficient (Wildman–Crippen LogP) is 2.06. The molecule has 2 heterocycles. The lowest BCUT2D eigenvalue weighted by atomic mass is 10.3. The second-order valence-corrected chi connectivity index (χ2v) is 3.42. The minimum absolute atomic E-state index is 0.0139. The van der Waals surface area contributed by atoms with Crippen molar-refractivity contribution in [3.63, 3.8) is 0 Å². The molecule has 0 unspecified atom stereocenters. The summed E-state index contributed by atoms with van der Waals surface area (Å²) in [7, 11) is 0. The number of pyridine rings is 2. The molecule has 0 radical (unpaired) electrons. The fourth-order valence-electron chi connectivity index (χ4n) is 1.15. The molecule has 0 aliphatic rings. The molecule has 0 amide bonds. The van der Waals surface area contributed by atoms with E-state index in [1.165, 1.54) is 0 Å². The summed E-state index contributed by atoms with van der Waals surface area (Å²) in [6, 6.07) is 9.09. The number of hydrogen-bond donors (Lipinski definition) is 0. The first kappa shape index (κ1) is 7.55. The lowest BCUT2D eigenvalue weighted by molar-refractivity contribution is 1.09. The number of rotatable bonds is 0. The van der Waals surface area contributed by atoms with E-state index in [-0.39, 0.29) is 5.56 Å². The Morgan fingerprint density at radius 3 is 2.92 bits per heavy atom. The van der Waals surface area contributed by atoms with E-state index >= 15 is 0 Å². The molecule has 2 aromatic heterocycles. The Labute approximate surface area is 77.6 Å². The van der Waals surface area contributed by atoms with Gasteiger partial charge in [-0.15, -0.1) is 0 Å². The van der Waals surface area contributed by atoms with Crippen molar-refractivity contribution >= 4 is 21.4 Å². The number of aromatic nitrogens is 1. The fraction of sp³-hybridized carbons (Fsp3) is 0. The van der Waals surface area contributed by atoms with Gasteiger partial charge in [0.05, 0.1) is 0 Å². The van der Waals surface area contributed by atoms with Crippen molar-refractivity contribution < 1.29 is 0 Å². The summed E-state index contributed by atoms with van der Waals surface area (Å²) in [6.45, 7) is 0. The van der Waals surface area contributed by atoms with Gasteiger partial charge in [-0.3, -0.25) is 9.20 Å². The zero-order chi connectivity index (χ0) is 8.55. The molecule has 3 heteroatoms. The monoisotopic (exact) mass is 223 g/mol. The average molecular weight is 224 g/mol. The van der Waals surface area contributed by atoms with E-state index in [2.05, 4.69) is 15.9 Å².